The van der Waals surface area contributed by atoms with Crippen molar-refractivity contribution in [3.63, 3.8) is 0 Å². The number of halogens is 1. The van der Waals surface area contributed by atoms with E-state index in [0.29, 0.717) is 24.7 Å². The molecule has 0 atom stereocenters. The van der Waals surface area contributed by atoms with Crippen molar-refractivity contribution in [3.8, 4) is 11.5 Å². The van der Waals surface area contributed by atoms with Gasteiger partial charge in [0.15, 0.2) is 10.9 Å². The number of ether oxygens (including phenoxy) is 2. The van der Waals surface area contributed by atoms with Gasteiger partial charge in [0.05, 0.1) is 12.3 Å². The van der Waals surface area contributed by atoms with Crippen molar-refractivity contribution in [3.05, 3.63) is 16.9 Å². The summed E-state index contributed by atoms with van der Waals surface area (Å²) in [5, 5.41) is 9.67. The molecular weight excluding hydrogens is 242 g/mol. The smallest absolute Gasteiger partial charge is 0.171 e. The molecule has 4 nitrogen and oxygen atoms in total. The molecule has 0 bridgehead atoms. The zero-order valence-electron chi connectivity index (χ0n) is 10.8. The number of pyridine rings is 1. The summed E-state index contributed by atoms with van der Waals surface area (Å²) in [7, 11) is 1.63. The van der Waals surface area contributed by atoms with E-state index >= 15 is 0 Å². The first-order chi connectivity index (χ1) is 8.15. The van der Waals surface area contributed by atoms with Crippen LogP contribution in [0.1, 0.15) is 26.0 Å². The van der Waals surface area contributed by atoms with E-state index in [0.717, 1.165) is 6.42 Å². The van der Waals surface area contributed by atoms with E-state index in [1.807, 2.05) is 13.8 Å². The van der Waals surface area contributed by atoms with Crippen LogP contribution in [0.4, 0.5) is 0 Å². The highest BCUT2D eigenvalue weighted by Gasteiger charge is 2.07. The molecule has 1 aromatic heterocycles. The van der Waals surface area contributed by atoms with Crippen LogP contribution in [0.2, 0.25) is 5.15 Å². The summed E-state index contributed by atoms with van der Waals surface area (Å²) in [5.41, 5.74) is 0.490. The topological polar surface area (TPSA) is 51.6 Å². The maximum Gasteiger partial charge on any atom is 0.171 e. The molecule has 0 aromatic carbocycles. The van der Waals surface area contributed by atoms with Gasteiger partial charge in [-0.05, 0) is 6.92 Å². The number of aromatic nitrogens is 1. The molecule has 0 amide bonds. The van der Waals surface area contributed by atoms with E-state index in [1.165, 1.54) is 6.07 Å². The largest absolute Gasteiger partial charge is 0.506 e. The lowest BCUT2D eigenvalue weighted by atomic mass is 10.3. The van der Waals surface area contributed by atoms with E-state index in [-0.39, 0.29) is 10.9 Å². The van der Waals surface area contributed by atoms with Gasteiger partial charge in [-0.25, -0.2) is 4.98 Å². The van der Waals surface area contributed by atoms with Crippen LogP contribution >= 0.6 is 11.6 Å². The lowest BCUT2D eigenvalue weighted by Gasteiger charge is -2.08. The van der Waals surface area contributed by atoms with Crippen LogP contribution in [0, 0.1) is 6.92 Å². The second-order valence-electron chi connectivity index (χ2n) is 3.08. The number of hydrogen-bond donors (Lipinski definition) is 1. The average Bonchev–Trinajstić information content (AvgIpc) is 2.33. The van der Waals surface area contributed by atoms with Gasteiger partial charge in [-0.3, -0.25) is 0 Å². The van der Waals surface area contributed by atoms with Gasteiger partial charge in [-0.2, -0.15) is 0 Å². The van der Waals surface area contributed by atoms with Gasteiger partial charge in [0.2, 0.25) is 0 Å². The standard InChI is InChI=1S/C10H14ClNO3.C2H6/c1-7-8(13)6-9(10(11)12-7)15-5-3-4-14-2;1-2/h6,13H,3-5H2,1-2H3;1-2H3. The molecule has 1 rings (SSSR count). The SMILES string of the molecule is CC.COCCCOc1cc(O)c(C)nc1Cl. The van der Waals surface area contributed by atoms with Crippen LogP contribution in [0.25, 0.3) is 0 Å². The van der Waals surface area contributed by atoms with Crippen LogP contribution in [-0.2, 0) is 4.74 Å². The minimum atomic E-state index is 0.0844. The predicted molar refractivity (Wildman–Crippen MR) is 69.0 cm³/mol. The van der Waals surface area contributed by atoms with Crippen LogP contribution in [0.3, 0.4) is 0 Å². The van der Waals surface area contributed by atoms with E-state index in [4.69, 9.17) is 21.1 Å². The molecule has 0 aliphatic heterocycles. The van der Waals surface area contributed by atoms with Gasteiger partial charge in [-0.1, -0.05) is 25.4 Å². The lowest BCUT2D eigenvalue weighted by Crippen LogP contribution is -2.02. The fraction of sp³-hybridized carbons (Fsp3) is 0.583. The van der Waals surface area contributed by atoms with Crippen LogP contribution in [-0.4, -0.2) is 30.4 Å². The second-order valence-corrected chi connectivity index (χ2v) is 3.43. The maximum atomic E-state index is 9.40. The molecule has 98 valence electrons. The molecule has 5 heteroatoms. The minimum Gasteiger partial charge on any atom is -0.506 e. The molecular formula is C12H20ClNO3. The number of nitrogens with zero attached hydrogens (tertiary/aromatic N) is 1. The predicted octanol–water partition coefficient (Wildman–Crippen LogP) is 3.19. The Balaban J connectivity index is 0.00000121. The number of methoxy groups -OCH3 is 1. The number of aryl methyl sites for hydroxylation is 1. The summed E-state index contributed by atoms with van der Waals surface area (Å²) in [6.45, 7) is 6.79. The molecule has 0 radical (unpaired) electrons. The summed E-state index contributed by atoms with van der Waals surface area (Å²) in [4.78, 5) is 3.93. The number of aromatic hydroxyl groups is 1. The minimum absolute atomic E-state index is 0.0844. The Hall–Kier alpha value is -1.00. The summed E-state index contributed by atoms with van der Waals surface area (Å²) in [5.74, 6) is 0.483. The zero-order chi connectivity index (χ0) is 13.3. The molecule has 0 aliphatic rings. The Bertz CT molecular complexity index is 332. The van der Waals surface area contributed by atoms with Gasteiger partial charge in [0.1, 0.15) is 5.75 Å². The molecule has 0 fully saturated rings. The molecule has 0 saturated carbocycles. The Morgan fingerprint density at radius 1 is 1.35 bits per heavy atom. The van der Waals surface area contributed by atoms with Gasteiger partial charge in [-0.15, -0.1) is 0 Å². The third-order valence-electron chi connectivity index (χ3n) is 1.86. The van der Waals surface area contributed by atoms with Crippen LogP contribution in [0.5, 0.6) is 11.5 Å². The quantitative estimate of drug-likeness (QED) is 0.653. The highest BCUT2D eigenvalue weighted by Crippen LogP contribution is 2.28. The second kappa shape index (κ2) is 9.07. The first kappa shape index (κ1) is 16.0. The Morgan fingerprint density at radius 2 is 2.00 bits per heavy atom. The van der Waals surface area contributed by atoms with Crippen molar-refractivity contribution >= 4 is 11.6 Å². The number of rotatable bonds is 5. The average molecular weight is 262 g/mol. The summed E-state index contributed by atoms with van der Waals surface area (Å²) in [6, 6.07) is 1.47. The highest BCUT2D eigenvalue weighted by molar-refractivity contribution is 6.30. The van der Waals surface area contributed by atoms with Crippen molar-refractivity contribution in [1.29, 1.82) is 0 Å². The van der Waals surface area contributed by atoms with E-state index in [9.17, 15) is 5.11 Å². The van der Waals surface area contributed by atoms with Gasteiger partial charge < -0.3 is 14.6 Å². The van der Waals surface area contributed by atoms with Crippen molar-refractivity contribution < 1.29 is 14.6 Å². The summed E-state index contributed by atoms with van der Waals surface area (Å²) < 4.78 is 10.2. The van der Waals surface area contributed by atoms with Crippen molar-refractivity contribution in [1.82, 2.24) is 4.98 Å². The van der Waals surface area contributed by atoms with Crippen LogP contribution in [0.15, 0.2) is 6.07 Å². The third kappa shape index (κ3) is 5.75. The normalized spacial score (nSPS) is 9.47. The fourth-order valence-electron chi connectivity index (χ4n) is 1.03. The molecule has 1 heterocycles. The molecule has 0 unspecified atom stereocenters. The Labute approximate surface area is 108 Å². The summed E-state index contributed by atoms with van der Waals surface area (Å²) in [6.07, 6.45) is 0.765. The van der Waals surface area contributed by atoms with E-state index in [1.54, 1.807) is 14.0 Å². The molecule has 0 aliphatic carbocycles. The van der Waals surface area contributed by atoms with Crippen molar-refractivity contribution in [2.75, 3.05) is 20.3 Å². The van der Waals surface area contributed by atoms with Crippen molar-refractivity contribution in [2.45, 2.75) is 27.2 Å². The maximum absolute atomic E-state index is 9.40. The fourth-order valence-corrected chi connectivity index (χ4v) is 1.27. The third-order valence-corrected chi connectivity index (χ3v) is 2.13. The first-order valence-electron chi connectivity index (χ1n) is 5.63. The zero-order valence-corrected chi connectivity index (χ0v) is 11.5. The summed E-state index contributed by atoms with van der Waals surface area (Å²) >= 11 is 5.84. The van der Waals surface area contributed by atoms with Gasteiger partial charge in [0, 0.05) is 26.2 Å². The molecule has 0 saturated heterocycles. The first-order valence-corrected chi connectivity index (χ1v) is 6.00. The molecule has 17 heavy (non-hydrogen) atoms. The van der Waals surface area contributed by atoms with Crippen molar-refractivity contribution in [2.24, 2.45) is 0 Å². The molecule has 0 spiro atoms. The Morgan fingerprint density at radius 3 is 2.59 bits per heavy atom. The monoisotopic (exact) mass is 261 g/mol. The lowest BCUT2D eigenvalue weighted by molar-refractivity contribution is 0.172. The van der Waals surface area contributed by atoms with Crippen LogP contribution < -0.4 is 4.74 Å². The van der Waals surface area contributed by atoms with Gasteiger partial charge >= 0.3 is 0 Å². The molecule has 1 aromatic rings. The Kier molecular flexibility index (Phi) is 8.54. The van der Waals surface area contributed by atoms with E-state index in [2.05, 4.69) is 4.98 Å². The molecule has 1 N–H and O–H groups in total. The van der Waals surface area contributed by atoms with Gasteiger partial charge in [0.25, 0.3) is 0 Å². The highest BCUT2D eigenvalue weighted by atomic mass is 35.5. The number of hydrogen-bond acceptors (Lipinski definition) is 4. The van der Waals surface area contributed by atoms with E-state index < -0.39 is 0 Å².